The summed E-state index contributed by atoms with van der Waals surface area (Å²) in [6.07, 6.45) is 0. The van der Waals surface area contributed by atoms with E-state index in [1.165, 1.54) is 25.3 Å². The van der Waals surface area contributed by atoms with Gasteiger partial charge in [0.05, 0.1) is 7.11 Å². The van der Waals surface area contributed by atoms with E-state index in [0.717, 1.165) is 0 Å². The maximum Gasteiger partial charge on any atom is 0.196 e. The van der Waals surface area contributed by atoms with Gasteiger partial charge >= 0.3 is 0 Å². The van der Waals surface area contributed by atoms with Crippen LogP contribution in [-0.2, 0) is 0 Å². The van der Waals surface area contributed by atoms with Crippen molar-refractivity contribution in [1.29, 1.82) is 0 Å². The number of nitrogens with zero attached hydrogens (tertiary/aromatic N) is 1. The largest absolute Gasteiger partial charge is 0.504 e. The van der Waals surface area contributed by atoms with Gasteiger partial charge < -0.3 is 20.1 Å². The lowest BCUT2D eigenvalue weighted by molar-refractivity contribution is 0.351. The number of phenolic OH excluding ortho intramolecular Hbond substituents is 1. The van der Waals surface area contributed by atoms with Crippen LogP contribution in [0.15, 0.2) is 22.7 Å². The number of aromatic hydroxyl groups is 1. The lowest BCUT2D eigenvalue weighted by atomic mass is 10.1. The van der Waals surface area contributed by atoms with Crippen molar-refractivity contribution in [3.8, 4) is 22.8 Å². The van der Waals surface area contributed by atoms with E-state index >= 15 is 0 Å². The van der Waals surface area contributed by atoms with Crippen LogP contribution in [-0.4, -0.2) is 17.4 Å². The first-order valence-electron chi connectivity index (χ1n) is 4.41. The molecule has 0 saturated heterocycles. The minimum atomic E-state index is -0.688. The van der Waals surface area contributed by atoms with E-state index in [1.807, 2.05) is 0 Å². The summed E-state index contributed by atoms with van der Waals surface area (Å²) in [5, 5.41) is 12.9. The number of aromatic nitrogens is 1. The number of methoxy groups -OCH3 is 1. The fraction of sp³-hybridized carbons (Fsp3) is 0.100. The van der Waals surface area contributed by atoms with Crippen molar-refractivity contribution in [3.05, 3.63) is 24.0 Å². The zero-order valence-corrected chi connectivity index (χ0v) is 8.40. The molecule has 1 aromatic carbocycles. The number of rotatable bonds is 2. The second-order valence-corrected chi connectivity index (χ2v) is 3.13. The van der Waals surface area contributed by atoms with Crippen LogP contribution in [0.4, 0.5) is 10.2 Å². The maximum absolute atomic E-state index is 13.4. The number of benzene rings is 1. The van der Waals surface area contributed by atoms with Crippen LogP contribution in [0.3, 0.4) is 0 Å². The molecule has 0 aliphatic carbocycles. The van der Waals surface area contributed by atoms with Gasteiger partial charge in [0, 0.05) is 11.6 Å². The quantitative estimate of drug-likeness (QED) is 0.812. The molecule has 0 amide bonds. The fourth-order valence-electron chi connectivity index (χ4n) is 1.35. The Hall–Kier alpha value is -2.24. The average molecular weight is 224 g/mol. The Morgan fingerprint density at radius 1 is 1.44 bits per heavy atom. The van der Waals surface area contributed by atoms with E-state index in [2.05, 4.69) is 9.89 Å². The Morgan fingerprint density at radius 2 is 2.19 bits per heavy atom. The number of nitrogens with two attached hydrogens (primary N) is 1. The molecule has 0 fully saturated rings. The molecule has 0 atom stereocenters. The van der Waals surface area contributed by atoms with Crippen molar-refractivity contribution in [2.24, 2.45) is 0 Å². The molecule has 0 radical (unpaired) electrons. The van der Waals surface area contributed by atoms with Crippen molar-refractivity contribution in [2.75, 3.05) is 12.8 Å². The Bertz CT molecular complexity index is 502. The van der Waals surface area contributed by atoms with Gasteiger partial charge in [-0.2, -0.15) is 0 Å². The Morgan fingerprint density at radius 3 is 2.69 bits per heavy atom. The van der Waals surface area contributed by atoms with Crippen LogP contribution in [0.2, 0.25) is 0 Å². The fourth-order valence-corrected chi connectivity index (χ4v) is 1.35. The van der Waals surface area contributed by atoms with Crippen LogP contribution in [0.25, 0.3) is 11.3 Å². The third-order valence-corrected chi connectivity index (χ3v) is 2.04. The van der Waals surface area contributed by atoms with Crippen molar-refractivity contribution >= 4 is 5.82 Å². The zero-order valence-electron chi connectivity index (χ0n) is 8.40. The zero-order chi connectivity index (χ0) is 11.7. The van der Waals surface area contributed by atoms with Crippen LogP contribution in [0, 0.1) is 5.82 Å². The number of anilines is 1. The Balaban J connectivity index is 2.52. The van der Waals surface area contributed by atoms with Gasteiger partial charge in [-0.3, -0.25) is 0 Å². The molecule has 0 aliphatic rings. The number of ether oxygens (including phenoxy) is 1. The SMILES string of the molecule is COc1c(O)cc(-c2cc(N)no2)cc1F. The first-order chi connectivity index (χ1) is 7.61. The van der Waals surface area contributed by atoms with E-state index < -0.39 is 5.82 Å². The summed E-state index contributed by atoms with van der Waals surface area (Å²) in [7, 11) is 1.27. The predicted molar refractivity (Wildman–Crippen MR) is 54.5 cm³/mol. The molecule has 0 unspecified atom stereocenters. The third-order valence-electron chi connectivity index (χ3n) is 2.04. The smallest absolute Gasteiger partial charge is 0.196 e. The third kappa shape index (κ3) is 1.65. The molecule has 16 heavy (non-hydrogen) atoms. The van der Waals surface area contributed by atoms with Crippen LogP contribution < -0.4 is 10.5 Å². The van der Waals surface area contributed by atoms with Gasteiger partial charge in [-0.05, 0) is 12.1 Å². The summed E-state index contributed by atoms with van der Waals surface area (Å²) < 4.78 is 22.9. The first kappa shape index (κ1) is 10.3. The highest BCUT2D eigenvalue weighted by molar-refractivity contribution is 5.64. The minimum absolute atomic E-state index is 0.186. The molecule has 84 valence electrons. The normalized spacial score (nSPS) is 10.4. The second kappa shape index (κ2) is 3.73. The summed E-state index contributed by atoms with van der Waals surface area (Å²) in [4.78, 5) is 0. The lowest BCUT2D eigenvalue weighted by Crippen LogP contribution is -1.89. The van der Waals surface area contributed by atoms with Gasteiger partial charge in [0.25, 0.3) is 0 Å². The van der Waals surface area contributed by atoms with Crippen molar-refractivity contribution in [2.45, 2.75) is 0 Å². The van der Waals surface area contributed by atoms with E-state index in [1.54, 1.807) is 0 Å². The highest BCUT2D eigenvalue weighted by atomic mass is 19.1. The summed E-state index contributed by atoms with van der Waals surface area (Å²) in [5.41, 5.74) is 5.70. The maximum atomic E-state index is 13.4. The molecular weight excluding hydrogens is 215 g/mol. The number of hydrogen-bond acceptors (Lipinski definition) is 5. The van der Waals surface area contributed by atoms with Gasteiger partial charge in [0.15, 0.2) is 28.9 Å². The lowest BCUT2D eigenvalue weighted by Gasteiger charge is -2.05. The van der Waals surface area contributed by atoms with Gasteiger partial charge in [0.1, 0.15) is 0 Å². The van der Waals surface area contributed by atoms with E-state index in [9.17, 15) is 9.50 Å². The molecule has 6 heteroatoms. The predicted octanol–water partition coefficient (Wildman–Crippen LogP) is 1.78. The Labute approximate surface area is 90.2 Å². The molecule has 0 bridgehead atoms. The average Bonchev–Trinajstić information content (AvgIpc) is 2.64. The molecule has 3 N–H and O–H groups in total. The van der Waals surface area contributed by atoms with Crippen LogP contribution in [0.1, 0.15) is 0 Å². The van der Waals surface area contributed by atoms with Gasteiger partial charge in [0.2, 0.25) is 0 Å². The highest BCUT2D eigenvalue weighted by Crippen LogP contribution is 2.34. The van der Waals surface area contributed by atoms with Crippen LogP contribution >= 0.6 is 0 Å². The van der Waals surface area contributed by atoms with E-state index in [-0.39, 0.29) is 23.1 Å². The number of phenols is 1. The minimum Gasteiger partial charge on any atom is -0.504 e. The summed E-state index contributed by atoms with van der Waals surface area (Å²) in [6, 6.07) is 3.90. The summed E-state index contributed by atoms with van der Waals surface area (Å²) in [6.45, 7) is 0. The molecular formula is C10H9FN2O3. The molecule has 2 rings (SSSR count). The molecule has 0 aliphatic heterocycles. The van der Waals surface area contributed by atoms with Crippen molar-refractivity contribution < 1.29 is 18.8 Å². The monoisotopic (exact) mass is 224 g/mol. The van der Waals surface area contributed by atoms with E-state index in [4.69, 9.17) is 10.3 Å². The number of hydrogen-bond donors (Lipinski definition) is 2. The van der Waals surface area contributed by atoms with Crippen molar-refractivity contribution in [3.63, 3.8) is 0 Å². The van der Waals surface area contributed by atoms with Gasteiger partial charge in [-0.15, -0.1) is 0 Å². The first-order valence-corrected chi connectivity index (χ1v) is 4.41. The van der Waals surface area contributed by atoms with Gasteiger partial charge in [-0.25, -0.2) is 4.39 Å². The van der Waals surface area contributed by atoms with Gasteiger partial charge in [-0.1, -0.05) is 5.16 Å². The molecule has 0 spiro atoms. The summed E-state index contributed by atoms with van der Waals surface area (Å²) >= 11 is 0. The standard InChI is InChI=1S/C10H9FN2O3/c1-15-10-6(11)2-5(3-7(10)14)8-4-9(12)13-16-8/h2-4,14H,1H3,(H2,12,13). The molecule has 1 aromatic heterocycles. The summed E-state index contributed by atoms with van der Waals surface area (Å²) in [5.74, 6) is -0.753. The highest BCUT2D eigenvalue weighted by Gasteiger charge is 2.14. The van der Waals surface area contributed by atoms with E-state index in [0.29, 0.717) is 5.56 Å². The molecule has 1 heterocycles. The Kier molecular flexibility index (Phi) is 2.40. The molecule has 0 saturated carbocycles. The van der Waals surface area contributed by atoms with Crippen LogP contribution in [0.5, 0.6) is 11.5 Å². The number of halogens is 1. The number of nitrogen functional groups attached to an aromatic ring is 1. The molecule has 5 nitrogen and oxygen atoms in total. The topological polar surface area (TPSA) is 81.5 Å². The van der Waals surface area contributed by atoms with Crippen molar-refractivity contribution in [1.82, 2.24) is 5.16 Å². The second-order valence-electron chi connectivity index (χ2n) is 3.13. The molecule has 2 aromatic rings.